The van der Waals surface area contributed by atoms with Gasteiger partial charge in [-0.05, 0) is 58.2 Å². The summed E-state index contributed by atoms with van der Waals surface area (Å²) in [6.07, 6.45) is 1.09. The van der Waals surface area contributed by atoms with Gasteiger partial charge in [-0.25, -0.2) is 0 Å². The first-order valence-corrected chi connectivity index (χ1v) is 11.5. The summed E-state index contributed by atoms with van der Waals surface area (Å²) in [7, 11) is 0. The van der Waals surface area contributed by atoms with Crippen molar-refractivity contribution in [3.63, 3.8) is 0 Å². The molecular weight excluding hydrogens is 390 g/mol. The van der Waals surface area contributed by atoms with E-state index in [2.05, 4.69) is 97.0 Å². The topological polar surface area (TPSA) is 30.7 Å². The Balaban J connectivity index is 1.91. The second-order valence-corrected chi connectivity index (χ2v) is 11.4. The summed E-state index contributed by atoms with van der Waals surface area (Å²) >= 11 is 0. The normalized spacial score (nSPS) is 13.0. The van der Waals surface area contributed by atoms with E-state index in [9.17, 15) is 0 Å². The van der Waals surface area contributed by atoms with E-state index in [1.165, 1.54) is 16.7 Å². The van der Waals surface area contributed by atoms with Crippen LogP contribution in [0.5, 0.6) is 0 Å². The molecule has 0 saturated carbocycles. The smallest absolute Gasteiger partial charge is 0.113 e. The number of rotatable bonds is 5. The van der Waals surface area contributed by atoms with Crippen molar-refractivity contribution in [3.05, 3.63) is 89.5 Å². The summed E-state index contributed by atoms with van der Waals surface area (Å²) in [6, 6.07) is 25.7. The Morgan fingerprint density at radius 3 is 1.72 bits per heavy atom. The minimum absolute atomic E-state index is 0.0162. The van der Waals surface area contributed by atoms with Crippen LogP contribution in [0.3, 0.4) is 0 Å². The molecule has 3 heteroatoms. The molecule has 3 nitrogen and oxygen atoms in total. The van der Waals surface area contributed by atoms with Gasteiger partial charge in [-0.1, -0.05) is 97.0 Å². The van der Waals surface area contributed by atoms with Crippen LogP contribution in [-0.4, -0.2) is 15.0 Å². The molecule has 1 heterocycles. The molecule has 0 aliphatic carbocycles. The molecule has 0 amide bonds. The maximum atomic E-state index is 4.78. The standard InChI is InChI=1S/C29H35N3/c1-27(2,3)20-28(4,5)22-17-23(29(6,7)21-13-9-8-10-14-21)19-24(18-22)32-30-25-15-11-12-16-26(25)31-32/h8-19H,20H2,1-7H3. The van der Waals surface area contributed by atoms with E-state index < -0.39 is 0 Å². The van der Waals surface area contributed by atoms with Crippen LogP contribution in [0.25, 0.3) is 16.7 Å². The number of nitrogens with zero attached hydrogens (tertiary/aromatic N) is 3. The fourth-order valence-electron chi connectivity index (χ4n) is 4.90. The van der Waals surface area contributed by atoms with Crippen molar-refractivity contribution in [2.75, 3.05) is 0 Å². The summed E-state index contributed by atoms with van der Waals surface area (Å²) < 4.78 is 0. The van der Waals surface area contributed by atoms with Crippen molar-refractivity contribution in [1.29, 1.82) is 0 Å². The highest BCUT2D eigenvalue weighted by Gasteiger charge is 2.31. The summed E-state index contributed by atoms with van der Waals surface area (Å²) in [5.74, 6) is 0. The summed E-state index contributed by atoms with van der Waals surface area (Å²) in [5, 5.41) is 9.56. The van der Waals surface area contributed by atoms with Crippen molar-refractivity contribution >= 4 is 11.0 Å². The Hall–Kier alpha value is -2.94. The molecule has 0 bridgehead atoms. The second-order valence-electron chi connectivity index (χ2n) is 11.4. The van der Waals surface area contributed by atoms with Crippen LogP contribution in [0.2, 0.25) is 0 Å². The van der Waals surface area contributed by atoms with Crippen LogP contribution in [0.4, 0.5) is 0 Å². The van der Waals surface area contributed by atoms with Crippen molar-refractivity contribution in [1.82, 2.24) is 15.0 Å². The first kappa shape index (κ1) is 22.3. The highest BCUT2D eigenvalue weighted by molar-refractivity contribution is 5.73. The lowest BCUT2D eigenvalue weighted by molar-refractivity contribution is 0.284. The van der Waals surface area contributed by atoms with Gasteiger partial charge >= 0.3 is 0 Å². The van der Waals surface area contributed by atoms with Crippen LogP contribution in [0.15, 0.2) is 72.8 Å². The molecule has 0 spiro atoms. The zero-order chi connectivity index (χ0) is 23.1. The average molecular weight is 426 g/mol. The van der Waals surface area contributed by atoms with E-state index in [-0.39, 0.29) is 16.2 Å². The Labute approximate surface area is 192 Å². The molecule has 32 heavy (non-hydrogen) atoms. The lowest BCUT2D eigenvalue weighted by atomic mass is 9.70. The monoisotopic (exact) mass is 425 g/mol. The van der Waals surface area contributed by atoms with Gasteiger partial charge in [0.1, 0.15) is 11.0 Å². The third-order valence-electron chi connectivity index (χ3n) is 6.41. The van der Waals surface area contributed by atoms with Gasteiger partial charge in [0.25, 0.3) is 0 Å². The van der Waals surface area contributed by atoms with Gasteiger partial charge in [0.05, 0.1) is 5.69 Å². The van der Waals surface area contributed by atoms with Crippen molar-refractivity contribution in [2.45, 2.75) is 65.7 Å². The van der Waals surface area contributed by atoms with Crippen molar-refractivity contribution in [2.24, 2.45) is 5.41 Å². The first-order valence-electron chi connectivity index (χ1n) is 11.5. The quantitative estimate of drug-likeness (QED) is 0.332. The number of fused-ring (bicyclic) bond motifs is 1. The molecule has 3 aromatic carbocycles. The fraction of sp³-hybridized carbons (Fsp3) is 0.379. The number of hydrogen-bond donors (Lipinski definition) is 0. The van der Waals surface area contributed by atoms with Crippen LogP contribution in [0, 0.1) is 5.41 Å². The van der Waals surface area contributed by atoms with E-state index in [4.69, 9.17) is 10.2 Å². The number of benzene rings is 3. The van der Waals surface area contributed by atoms with Crippen LogP contribution in [-0.2, 0) is 10.8 Å². The molecule has 166 valence electrons. The predicted octanol–water partition coefficient (Wildman–Crippen LogP) is 7.46. The molecule has 0 aliphatic heterocycles. The molecule has 0 N–H and O–H groups in total. The molecule has 0 radical (unpaired) electrons. The van der Waals surface area contributed by atoms with Gasteiger partial charge in [-0.15, -0.1) is 10.2 Å². The van der Waals surface area contributed by atoms with Gasteiger partial charge in [-0.2, -0.15) is 4.80 Å². The lowest BCUT2D eigenvalue weighted by Gasteiger charge is -2.35. The van der Waals surface area contributed by atoms with Crippen LogP contribution >= 0.6 is 0 Å². The van der Waals surface area contributed by atoms with Gasteiger partial charge < -0.3 is 0 Å². The van der Waals surface area contributed by atoms with Crippen LogP contribution < -0.4 is 0 Å². The van der Waals surface area contributed by atoms with Gasteiger partial charge in [0.15, 0.2) is 0 Å². The molecule has 0 aliphatic rings. The van der Waals surface area contributed by atoms with Crippen molar-refractivity contribution < 1.29 is 0 Å². The third-order valence-corrected chi connectivity index (χ3v) is 6.41. The Morgan fingerprint density at radius 2 is 1.16 bits per heavy atom. The highest BCUT2D eigenvalue weighted by atomic mass is 15.5. The molecule has 0 unspecified atom stereocenters. The summed E-state index contributed by atoms with van der Waals surface area (Å²) in [4.78, 5) is 1.80. The molecule has 0 fully saturated rings. The second kappa shape index (κ2) is 7.88. The lowest BCUT2D eigenvalue weighted by Crippen LogP contribution is -2.27. The Morgan fingerprint density at radius 1 is 0.625 bits per heavy atom. The Bertz CT molecular complexity index is 1190. The van der Waals surface area contributed by atoms with E-state index in [0.29, 0.717) is 0 Å². The SMILES string of the molecule is CC(C)(C)CC(C)(C)c1cc(-n2nc3ccccc3n2)cc(C(C)(C)c2ccccc2)c1. The number of hydrogen-bond acceptors (Lipinski definition) is 2. The minimum atomic E-state index is -0.142. The van der Waals surface area contributed by atoms with E-state index in [1.807, 2.05) is 24.3 Å². The largest absolute Gasteiger partial charge is 0.150 e. The maximum Gasteiger partial charge on any atom is 0.113 e. The minimum Gasteiger partial charge on any atom is -0.150 e. The van der Waals surface area contributed by atoms with Gasteiger partial charge in [0, 0.05) is 5.41 Å². The van der Waals surface area contributed by atoms with Crippen LogP contribution in [0.1, 0.15) is 71.6 Å². The van der Waals surface area contributed by atoms with E-state index >= 15 is 0 Å². The van der Waals surface area contributed by atoms with Gasteiger partial charge in [0.2, 0.25) is 0 Å². The molecule has 0 atom stereocenters. The molecular formula is C29H35N3. The Kier molecular flexibility index (Phi) is 5.48. The van der Waals surface area contributed by atoms with Gasteiger partial charge in [-0.3, -0.25) is 0 Å². The van der Waals surface area contributed by atoms with Crippen molar-refractivity contribution in [3.8, 4) is 5.69 Å². The molecule has 4 rings (SSSR count). The molecule has 0 saturated heterocycles. The summed E-state index contributed by atoms with van der Waals surface area (Å²) in [6.45, 7) is 16.2. The first-order chi connectivity index (χ1) is 15.0. The molecule has 1 aromatic heterocycles. The predicted molar refractivity (Wildman–Crippen MR) is 135 cm³/mol. The summed E-state index contributed by atoms with van der Waals surface area (Å²) in [5.41, 5.74) is 6.85. The third kappa shape index (κ3) is 4.48. The molecule has 4 aromatic rings. The zero-order valence-electron chi connectivity index (χ0n) is 20.5. The maximum absolute atomic E-state index is 4.78. The fourth-order valence-corrected chi connectivity index (χ4v) is 4.90. The number of aromatic nitrogens is 3. The zero-order valence-corrected chi connectivity index (χ0v) is 20.5. The average Bonchev–Trinajstić information content (AvgIpc) is 3.17. The van der Waals surface area contributed by atoms with E-state index in [0.717, 1.165) is 23.1 Å². The van der Waals surface area contributed by atoms with E-state index in [1.54, 1.807) is 4.80 Å². The highest BCUT2D eigenvalue weighted by Crippen LogP contribution is 2.40.